The summed E-state index contributed by atoms with van der Waals surface area (Å²) < 4.78 is 0. The van der Waals surface area contributed by atoms with Gasteiger partial charge in [-0.2, -0.15) is 0 Å². The van der Waals surface area contributed by atoms with Gasteiger partial charge in [0.2, 0.25) is 5.91 Å². The van der Waals surface area contributed by atoms with Crippen LogP contribution in [0.5, 0.6) is 0 Å². The highest BCUT2D eigenvalue weighted by Crippen LogP contribution is 2.25. The summed E-state index contributed by atoms with van der Waals surface area (Å²) in [5.41, 5.74) is -0.413. The molecule has 1 heterocycles. The number of aryl methyl sites for hydroxylation is 1. The molecule has 4 nitrogen and oxygen atoms in total. The zero-order valence-corrected chi connectivity index (χ0v) is 14.1. The highest BCUT2D eigenvalue weighted by atomic mass is 32.1. The molecule has 0 radical (unpaired) electrons. The molecule has 0 aliphatic rings. The lowest BCUT2D eigenvalue weighted by Gasteiger charge is -2.26. The molecular formula is C17H22N2O2S. The maximum absolute atomic E-state index is 12.4. The van der Waals surface area contributed by atoms with Crippen molar-refractivity contribution in [3.8, 4) is 0 Å². The van der Waals surface area contributed by atoms with Crippen LogP contribution in [0.3, 0.4) is 0 Å². The number of thiazole rings is 1. The summed E-state index contributed by atoms with van der Waals surface area (Å²) in [5.74, 6) is -0.0953. The van der Waals surface area contributed by atoms with Gasteiger partial charge in [0.25, 0.3) is 0 Å². The van der Waals surface area contributed by atoms with Crippen molar-refractivity contribution in [2.24, 2.45) is 0 Å². The van der Waals surface area contributed by atoms with Gasteiger partial charge in [0.05, 0.1) is 18.6 Å². The van der Waals surface area contributed by atoms with Crippen LogP contribution < -0.4 is 0 Å². The fourth-order valence-electron chi connectivity index (χ4n) is 2.20. The Labute approximate surface area is 135 Å². The summed E-state index contributed by atoms with van der Waals surface area (Å²) in [4.78, 5) is 19.5. The monoisotopic (exact) mass is 318 g/mol. The van der Waals surface area contributed by atoms with Gasteiger partial charge in [-0.1, -0.05) is 37.3 Å². The van der Waals surface area contributed by atoms with Gasteiger partial charge in [-0.05, 0) is 18.9 Å². The molecule has 1 amide bonds. The molecule has 1 atom stereocenters. The van der Waals surface area contributed by atoms with Crippen molar-refractivity contribution >= 4 is 17.2 Å². The Morgan fingerprint density at radius 3 is 2.64 bits per heavy atom. The van der Waals surface area contributed by atoms with Crippen LogP contribution in [0.25, 0.3) is 0 Å². The standard InChI is InChI=1S/C17H22N2O2S/c1-4-14-11-18-15(22-14)12-19(3)16(20)10-17(2,21)13-8-6-5-7-9-13/h5-9,11,21H,4,10,12H2,1-3H3. The van der Waals surface area contributed by atoms with Crippen LogP contribution in [0.2, 0.25) is 0 Å². The van der Waals surface area contributed by atoms with Gasteiger partial charge >= 0.3 is 0 Å². The van der Waals surface area contributed by atoms with Gasteiger partial charge in [0, 0.05) is 18.1 Å². The van der Waals surface area contributed by atoms with Crippen LogP contribution in [0, 0.1) is 0 Å². The smallest absolute Gasteiger partial charge is 0.225 e. The van der Waals surface area contributed by atoms with Crippen LogP contribution in [0.1, 0.15) is 35.7 Å². The van der Waals surface area contributed by atoms with E-state index in [1.54, 1.807) is 30.2 Å². The first kappa shape index (κ1) is 16.6. The molecule has 0 saturated carbocycles. The number of carbonyl (C=O) groups excluding carboxylic acids is 1. The van der Waals surface area contributed by atoms with Crippen LogP contribution in [-0.4, -0.2) is 27.9 Å². The van der Waals surface area contributed by atoms with Crippen molar-refractivity contribution in [1.29, 1.82) is 0 Å². The Hall–Kier alpha value is -1.72. The zero-order valence-electron chi connectivity index (χ0n) is 13.2. The number of nitrogens with zero attached hydrogens (tertiary/aromatic N) is 2. The van der Waals surface area contributed by atoms with E-state index in [2.05, 4.69) is 11.9 Å². The first-order valence-electron chi connectivity index (χ1n) is 7.38. The van der Waals surface area contributed by atoms with Crippen molar-refractivity contribution in [3.63, 3.8) is 0 Å². The minimum absolute atomic E-state index is 0.0551. The van der Waals surface area contributed by atoms with E-state index >= 15 is 0 Å². The van der Waals surface area contributed by atoms with Gasteiger partial charge in [0.15, 0.2) is 0 Å². The number of rotatable bonds is 6. The molecule has 0 aliphatic carbocycles. The molecule has 118 valence electrons. The largest absolute Gasteiger partial charge is 0.385 e. The fourth-order valence-corrected chi connectivity index (χ4v) is 3.12. The molecule has 1 unspecified atom stereocenters. The summed E-state index contributed by atoms with van der Waals surface area (Å²) in [6, 6.07) is 9.28. The Morgan fingerprint density at radius 2 is 2.05 bits per heavy atom. The van der Waals surface area contributed by atoms with Crippen molar-refractivity contribution in [1.82, 2.24) is 9.88 Å². The summed E-state index contributed by atoms with van der Waals surface area (Å²) in [6.45, 7) is 4.24. The number of hydrogen-bond acceptors (Lipinski definition) is 4. The van der Waals surface area contributed by atoms with Crippen molar-refractivity contribution in [3.05, 3.63) is 52.0 Å². The predicted molar refractivity (Wildman–Crippen MR) is 88.6 cm³/mol. The van der Waals surface area contributed by atoms with Gasteiger partial charge in [-0.15, -0.1) is 11.3 Å². The van der Waals surface area contributed by atoms with Crippen LogP contribution in [0.4, 0.5) is 0 Å². The molecule has 0 spiro atoms. The van der Waals surface area contributed by atoms with Crippen LogP contribution in [-0.2, 0) is 23.4 Å². The second-order valence-electron chi connectivity index (χ2n) is 5.64. The molecule has 1 N–H and O–H groups in total. The Bertz CT molecular complexity index is 623. The first-order chi connectivity index (χ1) is 10.4. The minimum Gasteiger partial charge on any atom is -0.385 e. The highest BCUT2D eigenvalue weighted by molar-refractivity contribution is 7.11. The average Bonchev–Trinajstić information content (AvgIpc) is 2.95. The maximum Gasteiger partial charge on any atom is 0.225 e. The first-order valence-corrected chi connectivity index (χ1v) is 8.19. The molecule has 2 aromatic rings. The summed E-state index contributed by atoms with van der Waals surface area (Å²) >= 11 is 1.63. The predicted octanol–water partition coefficient (Wildman–Crippen LogP) is 2.96. The molecule has 0 fully saturated rings. The molecule has 0 aliphatic heterocycles. The number of carbonyl (C=O) groups is 1. The summed E-state index contributed by atoms with van der Waals surface area (Å²) in [7, 11) is 1.75. The van der Waals surface area contributed by atoms with E-state index in [-0.39, 0.29) is 12.3 Å². The summed E-state index contributed by atoms with van der Waals surface area (Å²) in [6.07, 6.45) is 2.87. The lowest BCUT2D eigenvalue weighted by Crippen LogP contribution is -2.33. The number of aliphatic hydroxyl groups is 1. The SMILES string of the molecule is CCc1cnc(CN(C)C(=O)CC(C)(O)c2ccccc2)s1. The molecule has 22 heavy (non-hydrogen) atoms. The van der Waals surface area contributed by atoms with E-state index in [0.717, 1.165) is 17.0 Å². The van der Waals surface area contributed by atoms with E-state index in [9.17, 15) is 9.90 Å². The van der Waals surface area contributed by atoms with Crippen LogP contribution >= 0.6 is 11.3 Å². The van der Waals surface area contributed by atoms with E-state index in [4.69, 9.17) is 0 Å². The fraction of sp³-hybridized carbons (Fsp3) is 0.412. The van der Waals surface area contributed by atoms with E-state index < -0.39 is 5.60 Å². The lowest BCUT2D eigenvalue weighted by molar-refractivity contribution is -0.135. The Kier molecular flexibility index (Phi) is 5.32. The maximum atomic E-state index is 12.4. The van der Waals surface area contributed by atoms with E-state index in [1.165, 1.54) is 4.88 Å². The molecule has 0 bridgehead atoms. The Balaban J connectivity index is 1.98. The van der Waals surface area contributed by atoms with Crippen molar-refractivity contribution < 1.29 is 9.90 Å². The number of benzene rings is 1. The van der Waals surface area contributed by atoms with Gasteiger partial charge < -0.3 is 10.0 Å². The van der Waals surface area contributed by atoms with Gasteiger partial charge in [-0.3, -0.25) is 4.79 Å². The quantitative estimate of drug-likeness (QED) is 0.891. The van der Waals surface area contributed by atoms with Crippen molar-refractivity contribution in [2.75, 3.05) is 7.05 Å². The number of hydrogen-bond donors (Lipinski definition) is 1. The third kappa shape index (κ3) is 4.15. The van der Waals surface area contributed by atoms with Crippen LogP contribution in [0.15, 0.2) is 36.5 Å². The third-order valence-corrected chi connectivity index (χ3v) is 4.77. The third-order valence-electron chi connectivity index (χ3n) is 3.64. The molecule has 1 aromatic carbocycles. The highest BCUT2D eigenvalue weighted by Gasteiger charge is 2.28. The summed E-state index contributed by atoms with van der Waals surface area (Å²) in [5, 5.41) is 11.5. The van der Waals surface area contributed by atoms with E-state index in [0.29, 0.717) is 6.54 Å². The van der Waals surface area contributed by atoms with Gasteiger partial charge in [0.1, 0.15) is 5.01 Å². The molecule has 2 rings (SSSR count). The second kappa shape index (κ2) is 7.03. The lowest BCUT2D eigenvalue weighted by atomic mass is 9.92. The second-order valence-corrected chi connectivity index (χ2v) is 6.84. The number of amides is 1. The number of aromatic nitrogens is 1. The molecular weight excluding hydrogens is 296 g/mol. The Morgan fingerprint density at radius 1 is 1.36 bits per heavy atom. The minimum atomic E-state index is -1.16. The zero-order chi connectivity index (χ0) is 16.2. The van der Waals surface area contributed by atoms with Crippen molar-refractivity contribution in [2.45, 2.75) is 38.8 Å². The molecule has 5 heteroatoms. The molecule has 0 saturated heterocycles. The average molecular weight is 318 g/mol. The van der Waals surface area contributed by atoms with Gasteiger partial charge in [-0.25, -0.2) is 4.98 Å². The topological polar surface area (TPSA) is 53.4 Å². The normalized spacial score (nSPS) is 13.6. The van der Waals surface area contributed by atoms with E-state index in [1.807, 2.05) is 36.5 Å². The molecule has 1 aromatic heterocycles.